The van der Waals surface area contributed by atoms with Gasteiger partial charge in [0.25, 0.3) is 5.91 Å². The van der Waals surface area contributed by atoms with Gasteiger partial charge in [-0.05, 0) is 31.2 Å². The minimum absolute atomic E-state index is 0.101. The van der Waals surface area contributed by atoms with Crippen LogP contribution in [0, 0.1) is 0 Å². The molecular weight excluding hydrogens is 274 g/mol. The van der Waals surface area contributed by atoms with Crippen LogP contribution in [0.25, 0.3) is 5.69 Å². The highest BCUT2D eigenvalue weighted by molar-refractivity contribution is 5.94. The lowest BCUT2D eigenvalue weighted by molar-refractivity contribution is 0.0938. The largest absolute Gasteiger partial charge is 0.342 e. The van der Waals surface area contributed by atoms with Crippen LogP contribution in [0.4, 0.5) is 0 Å². The lowest BCUT2D eigenvalue weighted by Crippen LogP contribution is -2.28. The van der Waals surface area contributed by atoms with E-state index in [4.69, 9.17) is 0 Å². The van der Waals surface area contributed by atoms with Gasteiger partial charge in [0.2, 0.25) is 0 Å². The third-order valence-electron chi connectivity index (χ3n) is 3.47. The highest BCUT2D eigenvalue weighted by atomic mass is 16.1. The Morgan fingerprint density at radius 1 is 1.05 bits per heavy atom. The zero-order valence-electron chi connectivity index (χ0n) is 12.3. The van der Waals surface area contributed by atoms with Crippen LogP contribution in [-0.4, -0.2) is 15.5 Å². The van der Waals surface area contributed by atoms with Gasteiger partial charge < -0.3 is 9.88 Å². The van der Waals surface area contributed by atoms with Crippen molar-refractivity contribution >= 4 is 5.91 Å². The highest BCUT2D eigenvalue weighted by Gasteiger charge is 2.16. The number of benzene rings is 2. The van der Waals surface area contributed by atoms with Crippen molar-refractivity contribution in [3.63, 3.8) is 0 Å². The van der Waals surface area contributed by atoms with E-state index in [1.807, 2.05) is 66.2 Å². The van der Waals surface area contributed by atoms with Crippen molar-refractivity contribution in [2.24, 2.45) is 0 Å². The Morgan fingerprint density at radius 3 is 2.36 bits per heavy atom. The van der Waals surface area contributed by atoms with Gasteiger partial charge in [-0.25, -0.2) is 4.98 Å². The van der Waals surface area contributed by atoms with E-state index in [0.29, 0.717) is 5.56 Å². The SMILES string of the molecule is CC(NC(=O)c1ccccc1)c1nccn1-c1ccccc1. The summed E-state index contributed by atoms with van der Waals surface area (Å²) in [4.78, 5) is 16.6. The maximum absolute atomic E-state index is 12.2. The number of carbonyl (C=O) groups is 1. The first-order valence-electron chi connectivity index (χ1n) is 7.20. The first-order valence-corrected chi connectivity index (χ1v) is 7.20. The summed E-state index contributed by atoms with van der Waals surface area (Å²) in [5.41, 5.74) is 1.67. The number of hydrogen-bond donors (Lipinski definition) is 1. The smallest absolute Gasteiger partial charge is 0.251 e. The first-order chi connectivity index (χ1) is 10.8. The second-order valence-corrected chi connectivity index (χ2v) is 5.05. The van der Waals surface area contributed by atoms with Crippen LogP contribution in [0.5, 0.6) is 0 Å². The average molecular weight is 291 g/mol. The maximum Gasteiger partial charge on any atom is 0.251 e. The van der Waals surface area contributed by atoms with Crippen LogP contribution in [0.3, 0.4) is 0 Å². The van der Waals surface area contributed by atoms with Gasteiger partial charge in [-0.1, -0.05) is 36.4 Å². The molecule has 1 amide bonds. The fourth-order valence-electron chi connectivity index (χ4n) is 2.38. The van der Waals surface area contributed by atoms with Crippen LogP contribution in [-0.2, 0) is 0 Å². The molecule has 0 saturated carbocycles. The fourth-order valence-corrected chi connectivity index (χ4v) is 2.38. The van der Waals surface area contributed by atoms with Gasteiger partial charge in [0.05, 0.1) is 6.04 Å². The first kappa shape index (κ1) is 14.1. The molecule has 0 bridgehead atoms. The van der Waals surface area contributed by atoms with Gasteiger partial charge in [0.15, 0.2) is 0 Å². The lowest BCUT2D eigenvalue weighted by Gasteiger charge is -2.16. The number of hydrogen-bond acceptors (Lipinski definition) is 2. The number of imidazole rings is 1. The number of aromatic nitrogens is 2. The molecule has 22 heavy (non-hydrogen) atoms. The van der Waals surface area contributed by atoms with Gasteiger partial charge in [-0.15, -0.1) is 0 Å². The fraction of sp³-hybridized carbons (Fsp3) is 0.111. The Kier molecular flexibility index (Phi) is 4.01. The van der Waals surface area contributed by atoms with Gasteiger partial charge in [-0.2, -0.15) is 0 Å². The number of para-hydroxylation sites is 1. The molecular formula is C18H17N3O. The van der Waals surface area contributed by atoms with E-state index in [2.05, 4.69) is 10.3 Å². The summed E-state index contributed by atoms with van der Waals surface area (Å²) in [7, 11) is 0. The topological polar surface area (TPSA) is 46.9 Å². The minimum atomic E-state index is -0.192. The van der Waals surface area contributed by atoms with Crippen molar-refractivity contribution in [1.29, 1.82) is 0 Å². The molecule has 0 aliphatic carbocycles. The molecule has 1 unspecified atom stereocenters. The van der Waals surface area contributed by atoms with E-state index < -0.39 is 0 Å². The molecule has 0 fully saturated rings. The van der Waals surface area contributed by atoms with Crippen LogP contribution in [0.15, 0.2) is 73.1 Å². The van der Waals surface area contributed by atoms with E-state index in [9.17, 15) is 4.79 Å². The van der Waals surface area contributed by atoms with E-state index >= 15 is 0 Å². The summed E-state index contributed by atoms with van der Waals surface area (Å²) in [6.07, 6.45) is 3.64. The van der Waals surface area contributed by atoms with E-state index in [1.54, 1.807) is 18.3 Å². The number of rotatable bonds is 4. The van der Waals surface area contributed by atoms with E-state index in [0.717, 1.165) is 11.5 Å². The molecule has 1 N–H and O–H groups in total. The Balaban J connectivity index is 1.81. The van der Waals surface area contributed by atoms with Gasteiger partial charge in [0, 0.05) is 23.6 Å². The molecule has 0 radical (unpaired) electrons. The van der Waals surface area contributed by atoms with E-state index in [1.165, 1.54) is 0 Å². The molecule has 0 aliphatic heterocycles. The average Bonchev–Trinajstić information content (AvgIpc) is 3.06. The van der Waals surface area contributed by atoms with Crippen LogP contribution in [0.2, 0.25) is 0 Å². The Morgan fingerprint density at radius 2 is 1.68 bits per heavy atom. The number of nitrogens with zero attached hydrogens (tertiary/aromatic N) is 2. The molecule has 1 atom stereocenters. The molecule has 110 valence electrons. The van der Waals surface area contributed by atoms with Crippen molar-refractivity contribution in [2.45, 2.75) is 13.0 Å². The van der Waals surface area contributed by atoms with Crippen LogP contribution < -0.4 is 5.32 Å². The molecule has 0 aliphatic rings. The number of amides is 1. The normalized spacial score (nSPS) is 11.9. The molecule has 3 aromatic rings. The molecule has 4 heteroatoms. The molecule has 4 nitrogen and oxygen atoms in total. The molecule has 0 saturated heterocycles. The molecule has 2 aromatic carbocycles. The second kappa shape index (κ2) is 6.26. The minimum Gasteiger partial charge on any atom is -0.342 e. The highest BCUT2D eigenvalue weighted by Crippen LogP contribution is 2.16. The second-order valence-electron chi connectivity index (χ2n) is 5.05. The Bertz CT molecular complexity index is 750. The zero-order chi connectivity index (χ0) is 15.4. The third-order valence-corrected chi connectivity index (χ3v) is 3.47. The molecule has 3 rings (SSSR count). The van der Waals surface area contributed by atoms with Gasteiger partial charge >= 0.3 is 0 Å². The monoisotopic (exact) mass is 291 g/mol. The quantitative estimate of drug-likeness (QED) is 0.801. The van der Waals surface area contributed by atoms with Gasteiger partial charge in [0.1, 0.15) is 5.82 Å². The molecule has 1 aromatic heterocycles. The lowest BCUT2D eigenvalue weighted by atomic mass is 10.2. The predicted octanol–water partition coefficient (Wildman–Crippen LogP) is 3.36. The summed E-state index contributed by atoms with van der Waals surface area (Å²) in [5, 5.41) is 2.99. The van der Waals surface area contributed by atoms with Crippen LogP contribution >= 0.6 is 0 Å². The summed E-state index contributed by atoms with van der Waals surface area (Å²) in [6.45, 7) is 1.93. The predicted molar refractivity (Wildman–Crippen MR) is 85.9 cm³/mol. The third kappa shape index (κ3) is 2.91. The number of nitrogens with one attached hydrogen (secondary N) is 1. The summed E-state index contributed by atoms with van der Waals surface area (Å²) in [6, 6.07) is 18.9. The van der Waals surface area contributed by atoms with Crippen molar-refractivity contribution in [3.8, 4) is 5.69 Å². The van der Waals surface area contributed by atoms with E-state index in [-0.39, 0.29) is 11.9 Å². The molecule has 0 spiro atoms. The molecule has 1 heterocycles. The van der Waals surface area contributed by atoms with Crippen molar-refractivity contribution in [1.82, 2.24) is 14.9 Å². The maximum atomic E-state index is 12.2. The van der Waals surface area contributed by atoms with Crippen molar-refractivity contribution in [2.75, 3.05) is 0 Å². The zero-order valence-corrected chi connectivity index (χ0v) is 12.3. The number of carbonyl (C=O) groups excluding carboxylic acids is 1. The Hall–Kier alpha value is -2.88. The summed E-state index contributed by atoms with van der Waals surface area (Å²) >= 11 is 0. The Labute approximate surface area is 129 Å². The van der Waals surface area contributed by atoms with Gasteiger partial charge in [-0.3, -0.25) is 4.79 Å². The summed E-state index contributed by atoms with van der Waals surface area (Å²) in [5.74, 6) is 0.700. The van der Waals surface area contributed by atoms with Crippen molar-refractivity contribution in [3.05, 3.63) is 84.4 Å². The van der Waals surface area contributed by atoms with Crippen molar-refractivity contribution < 1.29 is 4.79 Å². The summed E-state index contributed by atoms with van der Waals surface area (Å²) < 4.78 is 1.98. The standard InChI is InChI=1S/C18H17N3O/c1-14(20-18(22)15-8-4-2-5-9-15)17-19-12-13-21(17)16-10-6-3-7-11-16/h2-14H,1H3,(H,20,22). The van der Waals surface area contributed by atoms with Crippen LogP contribution in [0.1, 0.15) is 29.1 Å².